The molecular weight excluding hydrogens is 254 g/mol. The largest absolute Gasteiger partial charge is 0.490 e. The minimum absolute atomic E-state index is 0.0988. The zero-order valence-electron chi connectivity index (χ0n) is 12.7. The lowest BCUT2D eigenvalue weighted by molar-refractivity contribution is -0.384. The predicted octanol–water partition coefficient (Wildman–Crippen LogP) is 4.58. The van der Waals surface area contributed by atoms with Crippen LogP contribution in [0.2, 0.25) is 0 Å². The molecule has 1 fully saturated rings. The van der Waals surface area contributed by atoms with Gasteiger partial charge >= 0.3 is 0 Å². The zero-order valence-corrected chi connectivity index (χ0v) is 12.7. The standard InChI is InChI=1S/C16H23NO3/c1-15(2)9-14(10-16(3,4)11-15)20-13-7-5-12(6-8-13)17(18)19/h5-8,14H,9-11H2,1-4H3. The molecule has 1 aliphatic rings. The lowest BCUT2D eigenvalue weighted by Crippen LogP contribution is -2.39. The molecule has 0 amide bonds. The van der Waals surface area contributed by atoms with Gasteiger partial charge in [-0.1, -0.05) is 27.7 Å². The summed E-state index contributed by atoms with van der Waals surface area (Å²) in [6, 6.07) is 6.36. The predicted molar refractivity (Wildman–Crippen MR) is 78.9 cm³/mol. The molecular formula is C16H23NO3. The fourth-order valence-corrected chi connectivity index (χ4v) is 3.67. The maximum atomic E-state index is 10.6. The number of nitro benzene ring substituents is 1. The first-order valence-electron chi connectivity index (χ1n) is 7.08. The van der Waals surface area contributed by atoms with Gasteiger partial charge in [0, 0.05) is 12.1 Å². The third-order valence-electron chi connectivity index (χ3n) is 3.87. The molecule has 0 atom stereocenters. The minimum atomic E-state index is -0.392. The van der Waals surface area contributed by atoms with E-state index < -0.39 is 4.92 Å². The number of rotatable bonds is 3. The van der Waals surface area contributed by atoms with Gasteiger partial charge in [-0.25, -0.2) is 0 Å². The van der Waals surface area contributed by atoms with Crippen molar-refractivity contribution in [3.05, 3.63) is 34.4 Å². The molecule has 0 unspecified atom stereocenters. The van der Waals surface area contributed by atoms with Gasteiger partial charge in [-0.15, -0.1) is 0 Å². The monoisotopic (exact) mass is 277 g/mol. The second-order valence-electron chi connectivity index (χ2n) is 7.40. The van der Waals surface area contributed by atoms with Crippen LogP contribution in [0.3, 0.4) is 0 Å². The molecule has 1 aliphatic carbocycles. The molecule has 1 aromatic carbocycles. The van der Waals surface area contributed by atoms with Crippen LogP contribution < -0.4 is 4.74 Å². The minimum Gasteiger partial charge on any atom is -0.490 e. The summed E-state index contributed by atoms with van der Waals surface area (Å²) < 4.78 is 6.04. The molecule has 0 bridgehead atoms. The Labute approximate surface area is 120 Å². The number of hydrogen-bond acceptors (Lipinski definition) is 3. The third-order valence-corrected chi connectivity index (χ3v) is 3.87. The van der Waals surface area contributed by atoms with Crippen LogP contribution in [0, 0.1) is 20.9 Å². The first-order valence-corrected chi connectivity index (χ1v) is 7.08. The highest BCUT2D eigenvalue weighted by atomic mass is 16.6. The molecule has 0 aliphatic heterocycles. The molecule has 0 saturated heterocycles. The quantitative estimate of drug-likeness (QED) is 0.600. The molecule has 20 heavy (non-hydrogen) atoms. The van der Waals surface area contributed by atoms with E-state index in [0.29, 0.717) is 5.75 Å². The van der Waals surface area contributed by atoms with Crippen molar-refractivity contribution in [3.63, 3.8) is 0 Å². The van der Waals surface area contributed by atoms with Gasteiger partial charge in [0.1, 0.15) is 5.75 Å². The van der Waals surface area contributed by atoms with Crippen molar-refractivity contribution >= 4 is 5.69 Å². The van der Waals surface area contributed by atoms with Crippen molar-refractivity contribution in [2.24, 2.45) is 10.8 Å². The first kappa shape index (κ1) is 14.8. The van der Waals surface area contributed by atoms with E-state index in [2.05, 4.69) is 27.7 Å². The van der Waals surface area contributed by atoms with Crippen LogP contribution >= 0.6 is 0 Å². The lowest BCUT2D eigenvalue weighted by atomic mass is 9.64. The number of hydrogen-bond donors (Lipinski definition) is 0. The number of ether oxygens (including phenoxy) is 1. The number of nitrogens with zero attached hydrogens (tertiary/aromatic N) is 1. The van der Waals surface area contributed by atoms with Gasteiger partial charge in [0.05, 0.1) is 11.0 Å². The van der Waals surface area contributed by atoms with E-state index in [9.17, 15) is 10.1 Å². The highest BCUT2D eigenvalue weighted by Crippen LogP contribution is 2.46. The Kier molecular flexibility index (Phi) is 3.76. The third kappa shape index (κ3) is 3.71. The van der Waals surface area contributed by atoms with Crippen LogP contribution in [-0.2, 0) is 0 Å². The van der Waals surface area contributed by atoms with Crippen molar-refractivity contribution in [3.8, 4) is 5.75 Å². The smallest absolute Gasteiger partial charge is 0.269 e. The Morgan fingerprint density at radius 2 is 1.60 bits per heavy atom. The van der Waals surface area contributed by atoms with Gasteiger partial charge in [0.15, 0.2) is 0 Å². The number of benzene rings is 1. The normalized spacial score (nSPS) is 21.4. The van der Waals surface area contributed by atoms with Crippen molar-refractivity contribution in [1.29, 1.82) is 0 Å². The van der Waals surface area contributed by atoms with Gasteiger partial charge in [0.2, 0.25) is 0 Å². The van der Waals surface area contributed by atoms with E-state index in [1.807, 2.05) is 0 Å². The van der Waals surface area contributed by atoms with E-state index >= 15 is 0 Å². The Balaban J connectivity index is 2.07. The molecule has 2 rings (SSSR count). The summed E-state index contributed by atoms with van der Waals surface area (Å²) in [7, 11) is 0. The van der Waals surface area contributed by atoms with Crippen molar-refractivity contribution in [2.75, 3.05) is 0 Å². The molecule has 0 radical (unpaired) electrons. The average molecular weight is 277 g/mol. The van der Waals surface area contributed by atoms with Crippen molar-refractivity contribution in [1.82, 2.24) is 0 Å². The van der Waals surface area contributed by atoms with E-state index in [1.54, 1.807) is 12.1 Å². The van der Waals surface area contributed by atoms with Crippen LogP contribution in [0.25, 0.3) is 0 Å². The van der Waals surface area contributed by atoms with E-state index in [1.165, 1.54) is 18.6 Å². The maximum Gasteiger partial charge on any atom is 0.269 e. The summed E-state index contributed by atoms with van der Waals surface area (Å²) in [6.45, 7) is 9.11. The van der Waals surface area contributed by atoms with Crippen LogP contribution in [0.15, 0.2) is 24.3 Å². The first-order chi connectivity index (χ1) is 9.17. The maximum absolute atomic E-state index is 10.6. The van der Waals surface area contributed by atoms with Gasteiger partial charge in [0.25, 0.3) is 5.69 Å². The average Bonchev–Trinajstić information content (AvgIpc) is 2.25. The Hall–Kier alpha value is -1.58. The van der Waals surface area contributed by atoms with E-state index in [0.717, 1.165) is 12.8 Å². The molecule has 1 saturated carbocycles. The van der Waals surface area contributed by atoms with Gasteiger partial charge < -0.3 is 4.74 Å². The fraction of sp³-hybridized carbons (Fsp3) is 0.625. The molecule has 0 heterocycles. The number of non-ortho nitro benzene ring substituents is 1. The molecule has 4 heteroatoms. The van der Waals surface area contributed by atoms with Crippen LogP contribution in [0.4, 0.5) is 5.69 Å². The SMILES string of the molecule is CC1(C)CC(Oc2ccc([N+](=O)[O-])cc2)CC(C)(C)C1. The highest BCUT2D eigenvalue weighted by molar-refractivity contribution is 5.36. The topological polar surface area (TPSA) is 52.4 Å². The van der Waals surface area contributed by atoms with Gasteiger partial charge in [-0.05, 0) is 42.2 Å². The molecule has 1 aromatic rings. The van der Waals surface area contributed by atoms with Crippen LogP contribution in [-0.4, -0.2) is 11.0 Å². The van der Waals surface area contributed by atoms with Gasteiger partial charge in [-0.3, -0.25) is 10.1 Å². The summed E-state index contributed by atoms with van der Waals surface area (Å²) in [5.74, 6) is 0.717. The lowest BCUT2D eigenvalue weighted by Gasteiger charge is -2.44. The molecule has 0 N–H and O–H groups in total. The molecule has 110 valence electrons. The summed E-state index contributed by atoms with van der Waals surface area (Å²) in [5.41, 5.74) is 0.641. The molecule has 4 nitrogen and oxygen atoms in total. The summed E-state index contributed by atoms with van der Waals surface area (Å²) in [4.78, 5) is 10.2. The second-order valence-corrected chi connectivity index (χ2v) is 7.40. The zero-order chi connectivity index (χ0) is 15.0. The van der Waals surface area contributed by atoms with Crippen molar-refractivity contribution in [2.45, 2.75) is 53.1 Å². The highest BCUT2D eigenvalue weighted by Gasteiger charge is 2.39. The Bertz CT molecular complexity index is 475. The van der Waals surface area contributed by atoms with Crippen LogP contribution in [0.5, 0.6) is 5.75 Å². The van der Waals surface area contributed by atoms with E-state index in [4.69, 9.17) is 4.74 Å². The Morgan fingerprint density at radius 1 is 1.10 bits per heavy atom. The fourth-order valence-electron chi connectivity index (χ4n) is 3.67. The van der Waals surface area contributed by atoms with Crippen LogP contribution in [0.1, 0.15) is 47.0 Å². The summed E-state index contributed by atoms with van der Waals surface area (Å²) >= 11 is 0. The molecule has 0 aromatic heterocycles. The summed E-state index contributed by atoms with van der Waals surface area (Å²) in [6.07, 6.45) is 3.41. The van der Waals surface area contributed by atoms with E-state index in [-0.39, 0.29) is 22.6 Å². The molecule has 0 spiro atoms. The second kappa shape index (κ2) is 5.08. The summed E-state index contributed by atoms with van der Waals surface area (Å²) in [5, 5.41) is 10.6. The van der Waals surface area contributed by atoms with Gasteiger partial charge in [-0.2, -0.15) is 0 Å². The van der Waals surface area contributed by atoms with Crippen molar-refractivity contribution < 1.29 is 9.66 Å². The number of nitro groups is 1. The Morgan fingerprint density at radius 3 is 2.05 bits per heavy atom.